The van der Waals surface area contributed by atoms with Crippen molar-refractivity contribution >= 4 is 35.4 Å². The Hall–Kier alpha value is -3.55. The smallest absolute Gasteiger partial charge is 0.284 e. The quantitative estimate of drug-likeness (QED) is 0.627. The molecule has 0 radical (unpaired) electrons. The van der Waals surface area contributed by atoms with Gasteiger partial charge in [-0.25, -0.2) is 13.2 Å². The first kappa shape index (κ1) is 21.2. The number of halogens is 3. The third-order valence-corrected chi connectivity index (χ3v) is 4.45. The summed E-state index contributed by atoms with van der Waals surface area (Å²) in [6.45, 7) is 5.25. The van der Waals surface area contributed by atoms with Crippen LogP contribution in [-0.2, 0) is 6.54 Å². The summed E-state index contributed by atoms with van der Waals surface area (Å²) >= 11 is 0. The molecular weight excluding hydrogens is 397 g/mol. The van der Waals surface area contributed by atoms with E-state index in [-0.39, 0.29) is 33.9 Å². The molecule has 0 fully saturated rings. The second kappa shape index (κ2) is 8.86. The summed E-state index contributed by atoms with van der Waals surface area (Å²) in [5.41, 5.74) is 0.0494. The molecule has 0 unspecified atom stereocenters. The van der Waals surface area contributed by atoms with Crippen molar-refractivity contribution in [2.75, 3.05) is 7.11 Å². The minimum atomic E-state index is -2.84. The predicted molar refractivity (Wildman–Crippen MR) is 109 cm³/mol. The summed E-state index contributed by atoms with van der Waals surface area (Å²) in [6, 6.07) is 8.71. The van der Waals surface area contributed by atoms with Crippen molar-refractivity contribution in [3.05, 3.63) is 64.0 Å². The summed E-state index contributed by atoms with van der Waals surface area (Å²) in [4.78, 5) is 16.2. The molecule has 0 bridgehead atoms. The standard InChI is InChI=1S/C22H19F3N2O3/c1-4-26-19(21(24)25)20-12(2)16-7-5-13(10-18(16)30-20)22(28)27-11-14-9-15(29-3)6-8-17(14)23/h4-10,21H,2,11H2,1,3H3,(H,27,28)/b20-19+,26-4?. The van der Waals surface area contributed by atoms with Crippen molar-refractivity contribution in [1.29, 1.82) is 0 Å². The van der Waals surface area contributed by atoms with Crippen LogP contribution in [0, 0.1) is 5.82 Å². The average molecular weight is 416 g/mol. The lowest BCUT2D eigenvalue weighted by molar-refractivity contribution is 0.0950. The minimum Gasteiger partial charge on any atom is -0.497 e. The molecule has 0 saturated heterocycles. The number of nitrogens with one attached hydrogen (secondary N) is 1. The van der Waals surface area contributed by atoms with Gasteiger partial charge in [0, 0.05) is 34.5 Å². The molecule has 0 atom stereocenters. The molecule has 1 N–H and O–H groups in total. The lowest BCUT2D eigenvalue weighted by atomic mass is 10.1. The molecule has 0 spiro atoms. The maximum atomic E-state index is 13.9. The van der Waals surface area contributed by atoms with Gasteiger partial charge in [0.15, 0.2) is 5.42 Å². The van der Waals surface area contributed by atoms with E-state index in [4.69, 9.17) is 9.15 Å². The minimum absolute atomic E-state index is 0.0571. The second-order valence-electron chi connectivity index (χ2n) is 6.33. The van der Waals surface area contributed by atoms with Gasteiger partial charge in [0.05, 0.1) is 7.11 Å². The lowest BCUT2D eigenvalue weighted by Crippen LogP contribution is -2.24. The molecule has 2 aromatic carbocycles. The number of methoxy groups -OCH3 is 1. The number of alkyl halides is 2. The molecule has 156 valence electrons. The molecule has 5 nitrogen and oxygen atoms in total. The number of aliphatic imine (C=N–C) groups is 1. The van der Waals surface area contributed by atoms with Crippen LogP contribution in [0.3, 0.4) is 0 Å². The van der Waals surface area contributed by atoms with Gasteiger partial charge in [0.1, 0.15) is 22.8 Å². The topological polar surface area (TPSA) is 63.8 Å². The average Bonchev–Trinajstić information content (AvgIpc) is 3.06. The Balaban J connectivity index is 1.91. The summed E-state index contributed by atoms with van der Waals surface area (Å²) in [5, 5.41) is 3.37. The van der Waals surface area contributed by atoms with Gasteiger partial charge in [0.2, 0.25) is 0 Å². The third-order valence-electron chi connectivity index (χ3n) is 4.45. The number of amides is 1. The molecular formula is C22H19F3N2O3. The van der Waals surface area contributed by atoms with Gasteiger partial charge < -0.3 is 14.5 Å². The first-order chi connectivity index (χ1) is 14.3. The predicted octanol–water partition coefficient (Wildman–Crippen LogP) is 3.38. The zero-order valence-corrected chi connectivity index (χ0v) is 16.3. The Kier molecular flexibility index (Phi) is 6.25. The monoisotopic (exact) mass is 416 g/mol. The Morgan fingerprint density at radius 1 is 1.30 bits per heavy atom. The van der Waals surface area contributed by atoms with Crippen LogP contribution in [0.5, 0.6) is 5.75 Å². The van der Waals surface area contributed by atoms with Gasteiger partial charge in [-0.05, 0) is 43.3 Å². The van der Waals surface area contributed by atoms with Crippen molar-refractivity contribution < 1.29 is 27.1 Å². The highest BCUT2D eigenvalue weighted by Gasteiger charge is 2.16. The van der Waals surface area contributed by atoms with E-state index in [1.165, 1.54) is 50.6 Å². The van der Waals surface area contributed by atoms with Gasteiger partial charge in [-0.3, -0.25) is 9.79 Å². The molecule has 0 saturated carbocycles. The van der Waals surface area contributed by atoms with Crippen LogP contribution in [0.25, 0.3) is 23.2 Å². The fourth-order valence-corrected chi connectivity index (χ4v) is 2.94. The van der Waals surface area contributed by atoms with Gasteiger partial charge in [-0.1, -0.05) is 6.58 Å². The summed E-state index contributed by atoms with van der Waals surface area (Å²) < 4.78 is 51.1. The fraction of sp³-hybridized carbons (Fsp3) is 0.182. The van der Waals surface area contributed by atoms with Gasteiger partial charge in [-0.15, -0.1) is 0 Å². The van der Waals surface area contributed by atoms with E-state index >= 15 is 0 Å². The Morgan fingerprint density at radius 2 is 2.07 bits per heavy atom. The zero-order chi connectivity index (χ0) is 21.8. The van der Waals surface area contributed by atoms with Crippen LogP contribution < -0.4 is 20.7 Å². The molecule has 30 heavy (non-hydrogen) atoms. The molecule has 0 aliphatic rings. The number of furan rings is 1. The molecule has 3 rings (SSSR count). The number of benzene rings is 2. The maximum Gasteiger partial charge on any atom is 0.284 e. The van der Waals surface area contributed by atoms with Crippen molar-refractivity contribution in [3.8, 4) is 5.75 Å². The van der Waals surface area contributed by atoms with E-state index in [1.807, 2.05) is 0 Å². The van der Waals surface area contributed by atoms with Crippen molar-refractivity contribution in [2.45, 2.75) is 19.9 Å². The molecule has 3 aromatic rings. The van der Waals surface area contributed by atoms with Crippen LogP contribution >= 0.6 is 0 Å². The number of nitrogens with zero attached hydrogens (tertiary/aromatic N) is 1. The Bertz CT molecular complexity index is 1230. The van der Waals surface area contributed by atoms with Crippen LogP contribution in [0.4, 0.5) is 13.2 Å². The van der Waals surface area contributed by atoms with E-state index in [9.17, 15) is 18.0 Å². The van der Waals surface area contributed by atoms with Crippen molar-refractivity contribution in [3.63, 3.8) is 0 Å². The Morgan fingerprint density at radius 3 is 2.73 bits per heavy atom. The highest BCUT2D eigenvalue weighted by Crippen LogP contribution is 2.17. The van der Waals surface area contributed by atoms with Gasteiger partial charge in [0.25, 0.3) is 12.3 Å². The number of hydrogen-bond donors (Lipinski definition) is 1. The third kappa shape index (κ3) is 4.22. The number of rotatable bonds is 6. The van der Waals surface area contributed by atoms with Crippen molar-refractivity contribution in [1.82, 2.24) is 5.32 Å². The number of fused-ring (bicyclic) bond motifs is 1. The zero-order valence-electron chi connectivity index (χ0n) is 16.3. The van der Waals surface area contributed by atoms with E-state index in [0.29, 0.717) is 11.1 Å². The highest BCUT2D eigenvalue weighted by molar-refractivity contribution is 5.97. The fourth-order valence-electron chi connectivity index (χ4n) is 2.94. The lowest BCUT2D eigenvalue weighted by Gasteiger charge is -2.08. The van der Waals surface area contributed by atoms with Crippen LogP contribution in [0.1, 0.15) is 22.8 Å². The normalized spacial score (nSPS) is 12.6. The van der Waals surface area contributed by atoms with Crippen molar-refractivity contribution in [2.24, 2.45) is 4.99 Å². The summed E-state index contributed by atoms with van der Waals surface area (Å²) in [7, 11) is 1.46. The molecule has 1 heterocycles. The molecule has 1 amide bonds. The molecule has 0 aliphatic carbocycles. The van der Waals surface area contributed by atoms with E-state index in [2.05, 4.69) is 16.9 Å². The number of hydrogen-bond acceptors (Lipinski definition) is 4. The SMILES string of the molecule is C=c1/c(=C(\N=CC)C(F)F)oc2cc(C(=O)NCc3cc(OC)ccc3F)ccc12. The number of carbonyl (C=O) groups excluding carboxylic acids is 1. The first-order valence-corrected chi connectivity index (χ1v) is 8.98. The first-order valence-electron chi connectivity index (χ1n) is 8.98. The van der Waals surface area contributed by atoms with E-state index < -0.39 is 23.8 Å². The number of ether oxygens (including phenoxy) is 1. The largest absolute Gasteiger partial charge is 0.497 e. The van der Waals surface area contributed by atoms with E-state index in [1.54, 1.807) is 6.07 Å². The maximum absolute atomic E-state index is 13.9. The van der Waals surface area contributed by atoms with Crippen LogP contribution in [0.2, 0.25) is 0 Å². The van der Waals surface area contributed by atoms with Gasteiger partial charge >= 0.3 is 0 Å². The highest BCUT2D eigenvalue weighted by atomic mass is 19.3. The number of carbonyl (C=O) groups is 1. The summed E-state index contributed by atoms with van der Waals surface area (Å²) in [5.74, 6) is -0.489. The molecule has 8 heteroatoms. The second-order valence-corrected chi connectivity index (χ2v) is 6.33. The summed E-state index contributed by atoms with van der Waals surface area (Å²) in [6.07, 6.45) is -1.60. The van der Waals surface area contributed by atoms with Crippen LogP contribution in [0.15, 0.2) is 45.8 Å². The van der Waals surface area contributed by atoms with E-state index in [0.717, 1.165) is 0 Å². The Labute approximate surface area is 170 Å². The van der Waals surface area contributed by atoms with Crippen LogP contribution in [-0.4, -0.2) is 25.7 Å². The molecule has 1 aromatic heterocycles. The molecule has 0 aliphatic heterocycles. The van der Waals surface area contributed by atoms with Gasteiger partial charge in [-0.2, -0.15) is 0 Å².